The second kappa shape index (κ2) is 20.4. The summed E-state index contributed by atoms with van der Waals surface area (Å²) in [7, 11) is 0. The van der Waals surface area contributed by atoms with E-state index in [9.17, 15) is 0 Å². The molecule has 0 saturated heterocycles. The van der Waals surface area contributed by atoms with Gasteiger partial charge in [0.05, 0.1) is 0 Å². The van der Waals surface area contributed by atoms with Gasteiger partial charge in [-0.1, -0.05) is 104 Å². The van der Waals surface area contributed by atoms with E-state index in [1.54, 1.807) is 0 Å². The van der Waals surface area contributed by atoms with Gasteiger partial charge in [-0.15, -0.1) is 0 Å². The summed E-state index contributed by atoms with van der Waals surface area (Å²) in [5.41, 5.74) is 0. The van der Waals surface area contributed by atoms with Crippen LogP contribution in [0.1, 0.15) is 104 Å². The first kappa shape index (κ1) is 47.4. The fraction of sp³-hybridized carbons (Fsp3) is 1.00. The molecule has 3 fully saturated rings. The van der Waals surface area contributed by atoms with Crippen LogP contribution < -0.4 is 0 Å². The maximum atomic E-state index is 2.40. The Bertz CT molecular complexity index is 314. The molecule has 7 radical (unpaired) electrons. The Labute approximate surface area is 274 Å². The zero-order valence-electron chi connectivity index (χ0n) is 25.5. The van der Waals surface area contributed by atoms with Crippen molar-refractivity contribution in [3.05, 3.63) is 0 Å². The quantitative estimate of drug-likeness (QED) is 0.217. The monoisotopic (exact) mass is 757 g/mol. The molecule has 3 aliphatic rings. The molecule has 3 aliphatic carbocycles. The predicted molar refractivity (Wildman–Crippen MR) is 149 cm³/mol. The minimum atomic E-state index is 0. The Morgan fingerprint density at radius 2 is 0.200 bits per heavy atom. The molecule has 0 amide bonds. The summed E-state index contributed by atoms with van der Waals surface area (Å²) in [6, 6.07) is 0. The van der Waals surface area contributed by atoms with E-state index in [1.165, 1.54) is 0 Å². The molecule has 0 bridgehead atoms. The molecule has 0 atom stereocenters. The summed E-state index contributed by atoms with van der Waals surface area (Å²) in [4.78, 5) is 0. The largest absolute Gasteiger partial charge is 0.0620 e. The first-order valence-corrected chi connectivity index (χ1v) is 13.7. The molecule has 0 aromatic heterocycles. The van der Waals surface area contributed by atoms with Crippen molar-refractivity contribution in [2.75, 3.05) is 0 Å². The summed E-state index contributed by atoms with van der Waals surface area (Å²) in [6.45, 7) is 36.0. The number of hydrogen-bond acceptors (Lipinski definition) is 0. The van der Waals surface area contributed by atoms with Gasteiger partial charge in [0.25, 0.3) is 0 Å². The summed E-state index contributed by atoms with van der Waals surface area (Å²) < 4.78 is 0. The standard InChI is InChI=1S/3C10H20.3Co.2Se/c3*1-6-7(2)9(4)10(5)8(6)3;;;;;/h3*6-10H,1-5H3;;;;;. The van der Waals surface area contributed by atoms with Crippen LogP contribution in [0.5, 0.6) is 0 Å². The molecule has 0 spiro atoms. The SMILES string of the molecule is CC1C(C)C(C)C(C)C1C.CC1C(C)C(C)C(C)C1C.CC1C(C)C(C)C(C)C1C.[Co].[Co].[Co].[Se].[Se]. The first-order chi connectivity index (χ1) is 13.7. The van der Waals surface area contributed by atoms with E-state index in [1.807, 2.05) is 0 Å². The van der Waals surface area contributed by atoms with Gasteiger partial charge in [0.2, 0.25) is 0 Å². The Hall–Kier alpha value is 2.56. The van der Waals surface area contributed by atoms with Crippen molar-refractivity contribution in [1.29, 1.82) is 0 Å². The van der Waals surface area contributed by atoms with Crippen molar-refractivity contribution >= 4 is 34.1 Å². The first-order valence-electron chi connectivity index (χ1n) is 13.7. The summed E-state index contributed by atoms with van der Waals surface area (Å²) >= 11 is 0. The Balaban J connectivity index is -0.000000120. The van der Waals surface area contributed by atoms with E-state index in [0.29, 0.717) is 0 Å². The van der Waals surface area contributed by atoms with E-state index in [2.05, 4.69) is 104 Å². The average molecular weight is 756 g/mol. The van der Waals surface area contributed by atoms with Crippen LogP contribution in [0.15, 0.2) is 0 Å². The van der Waals surface area contributed by atoms with Gasteiger partial charge in [0.15, 0.2) is 0 Å². The van der Waals surface area contributed by atoms with Gasteiger partial charge in [0.1, 0.15) is 0 Å². The molecule has 219 valence electrons. The van der Waals surface area contributed by atoms with Crippen LogP contribution in [0, 0.1) is 88.8 Å². The third kappa shape index (κ3) is 11.2. The van der Waals surface area contributed by atoms with Gasteiger partial charge in [-0.3, -0.25) is 0 Å². The maximum absolute atomic E-state index is 2.40. The summed E-state index contributed by atoms with van der Waals surface area (Å²) in [6.07, 6.45) is 0. The minimum absolute atomic E-state index is 0. The van der Waals surface area contributed by atoms with Crippen molar-refractivity contribution < 1.29 is 50.3 Å². The fourth-order valence-electron chi connectivity index (χ4n) is 7.18. The van der Waals surface area contributed by atoms with E-state index >= 15 is 0 Å². The third-order valence-corrected chi connectivity index (χ3v) is 12.4. The molecular formula is C30H60Co3Se2. The number of hydrogen-bond donors (Lipinski definition) is 0. The molecule has 5 heteroatoms. The normalized spacial score (nSPS) is 47.6. The molecule has 0 aliphatic heterocycles. The molecule has 0 aromatic rings. The van der Waals surface area contributed by atoms with Crippen molar-refractivity contribution in [2.24, 2.45) is 88.8 Å². The van der Waals surface area contributed by atoms with Crippen LogP contribution in [0.25, 0.3) is 0 Å². The molecule has 0 aromatic carbocycles. The fourth-order valence-corrected chi connectivity index (χ4v) is 7.18. The second-order valence-electron chi connectivity index (χ2n) is 12.9. The van der Waals surface area contributed by atoms with Gasteiger partial charge < -0.3 is 0 Å². The zero-order valence-corrected chi connectivity index (χ0v) is 32.0. The Kier molecular flexibility index (Phi) is 27.7. The van der Waals surface area contributed by atoms with Crippen LogP contribution in [0.4, 0.5) is 0 Å². The summed E-state index contributed by atoms with van der Waals surface area (Å²) in [5.74, 6) is 14.0. The van der Waals surface area contributed by atoms with Gasteiger partial charge in [-0.2, -0.15) is 0 Å². The van der Waals surface area contributed by atoms with Crippen molar-refractivity contribution in [1.82, 2.24) is 0 Å². The molecule has 3 saturated carbocycles. The molecular weight excluding hydrogens is 695 g/mol. The minimum Gasteiger partial charge on any atom is -0.0620 e. The maximum Gasteiger partial charge on any atom is 0 e. The second-order valence-corrected chi connectivity index (χ2v) is 12.9. The van der Waals surface area contributed by atoms with Crippen molar-refractivity contribution in [3.63, 3.8) is 0 Å². The van der Waals surface area contributed by atoms with Gasteiger partial charge in [-0.05, 0) is 88.8 Å². The molecule has 0 heterocycles. The average Bonchev–Trinajstić information content (AvgIpc) is 3.09. The molecule has 0 unspecified atom stereocenters. The number of rotatable bonds is 0. The van der Waals surface area contributed by atoms with Crippen LogP contribution >= 0.6 is 0 Å². The van der Waals surface area contributed by atoms with Gasteiger partial charge >= 0.3 is 0 Å². The van der Waals surface area contributed by atoms with Crippen molar-refractivity contribution in [2.45, 2.75) is 104 Å². The van der Waals surface area contributed by atoms with Gasteiger partial charge in [0, 0.05) is 84.5 Å². The zero-order chi connectivity index (χ0) is 23.7. The smallest absolute Gasteiger partial charge is 0 e. The molecule has 35 heavy (non-hydrogen) atoms. The van der Waals surface area contributed by atoms with E-state index in [0.717, 1.165) is 88.8 Å². The van der Waals surface area contributed by atoms with E-state index < -0.39 is 0 Å². The summed E-state index contributed by atoms with van der Waals surface area (Å²) in [5, 5.41) is 0. The van der Waals surface area contributed by atoms with Crippen LogP contribution in [-0.2, 0) is 50.3 Å². The van der Waals surface area contributed by atoms with E-state index in [-0.39, 0.29) is 84.5 Å². The van der Waals surface area contributed by atoms with Gasteiger partial charge in [-0.25, -0.2) is 0 Å². The molecule has 3 rings (SSSR count). The molecule has 0 N–H and O–H groups in total. The van der Waals surface area contributed by atoms with Crippen molar-refractivity contribution in [3.8, 4) is 0 Å². The Morgan fingerprint density at radius 1 is 0.171 bits per heavy atom. The van der Waals surface area contributed by atoms with E-state index in [4.69, 9.17) is 0 Å². The third-order valence-electron chi connectivity index (χ3n) is 12.4. The Morgan fingerprint density at radius 3 is 0.229 bits per heavy atom. The topological polar surface area (TPSA) is 0 Å². The van der Waals surface area contributed by atoms with Crippen LogP contribution in [0.2, 0.25) is 0 Å². The van der Waals surface area contributed by atoms with Crippen LogP contribution in [-0.4, -0.2) is 34.1 Å². The molecule has 0 nitrogen and oxygen atoms in total. The van der Waals surface area contributed by atoms with Crippen LogP contribution in [0.3, 0.4) is 0 Å². The predicted octanol–water partition coefficient (Wildman–Crippen LogP) is 8.77.